The molecule has 2 aromatic carbocycles. The number of anilines is 1. The molecule has 2 atom stereocenters. The van der Waals surface area contributed by atoms with Gasteiger partial charge in [0.15, 0.2) is 6.10 Å². The number of nitrogens with one attached hydrogen (secondary N) is 1. The number of benzene rings is 2. The minimum atomic E-state index is -1.06. The zero-order chi connectivity index (χ0) is 19.6. The van der Waals surface area contributed by atoms with E-state index in [9.17, 15) is 14.0 Å². The van der Waals surface area contributed by atoms with Crippen molar-refractivity contribution >= 4 is 40.8 Å². The number of esters is 1. The highest BCUT2D eigenvalue weighted by Crippen LogP contribution is 2.30. The van der Waals surface area contributed by atoms with Crippen LogP contribution in [0.1, 0.15) is 12.5 Å². The van der Waals surface area contributed by atoms with Crippen LogP contribution in [0, 0.1) is 11.7 Å². The Morgan fingerprint density at radius 1 is 1.26 bits per heavy atom. The topological polar surface area (TPSA) is 64.6 Å². The summed E-state index contributed by atoms with van der Waals surface area (Å²) in [6.45, 7) is 1.60. The molecular weight excluding hydrogens is 396 g/mol. The van der Waals surface area contributed by atoms with E-state index in [4.69, 9.17) is 32.7 Å². The van der Waals surface area contributed by atoms with Gasteiger partial charge in [0.1, 0.15) is 18.2 Å². The molecule has 0 bridgehead atoms. The van der Waals surface area contributed by atoms with Gasteiger partial charge in [0, 0.05) is 5.02 Å². The highest BCUT2D eigenvalue weighted by atomic mass is 35.5. The zero-order valence-corrected chi connectivity index (χ0v) is 15.8. The Morgan fingerprint density at radius 3 is 2.78 bits per heavy atom. The molecule has 3 rings (SSSR count). The van der Waals surface area contributed by atoms with Crippen molar-refractivity contribution in [1.29, 1.82) is 0 Å². The number of ether oxygens (including phenoxy) is 2. The third kappa shape index (κ3) is 4.70. The number of halogens is 3. The van der Waals surface area contributed by atoms with Gasteiger partial charge >= 0.3 is 5.97 Å². The first-order valence-electron chi connectivity index (χ1n) is 8.21. The molecule has 27 heavy (non-hydrogen) atoms. The summed E-state index contributed by atoms with van der Waals surface area (Å²) in [4.78, 5) is 24.6. The first-order valence-corrected chi connectivity index (χ1v) is 8.96. The summed E-state index contributed by atoms with van der Waals surface area (Å²) in [5.74, 6) is -1.50. The van der Waals surface area contributed by atoms with Crippen molar-refractivity contribution in [3.05, 3.63) is 57.8 Å². The molecule has 0 saturated heterocycles. The van der Waals surface area contributed by atoms with E-state index < -0.39 is 29.7 Å². The van der Waals surface area contributed by atoms with Crippen LogP contribution in [0.2, 0.25) is 10.0 Å². The lowest BCUT2D eigenvalue weighted by molar-refractivity contribution is -0.158. The van der Waals surface area contributed by atoms with Crippen molar-refractivity contribution in [1.82, 2.24) is 0 Å². The Labute approximate surface area is 165 Å². The average molecular weight is 412 g/mol. The smallest absolute Gasteiger partial charge is 0.313 e. The molecule has 2 aromatic rings. The molecule has 1 N–H and O–H groups in total. The van der Waals surface area contributed by atoms with Gasteiger partial charge in [-0.3, -0.25) is 9.59 Å². The molecule has 8 heteroatoms. The molecule has 1 heterocycles. The quantitative estimate of drug-likeness (QED) is 0.763. The van der Waals surface area contributed by atoms with Crippen LogP contribution < -0.4 is 10.1 Å². The Bertz CT molecular complexity index is 890. The van der Waals surface area contributed by atoms with Crippen LogP contribution in [0.4, 0.5) is 10.1 Å². The van der Waals surface area contributed by atoms with Crippen LogP contribution in [0.5, 0.6) is 5.75 Å². The Hall–Kier alpha value is -2.31. The summed E-state index contributed by atoms with van der Waals surface area (Å²) < 4.78 is 23.9. The second-order valence-corrected chi connectivity index (χ2v) is 7.00. The van der Waals surface area contributed by atoms with Gasteiger partial charge in [-0.05, 0) is 55.3 Å². The minimum Gasteiger partial charge on any atom is -0.492 e. The predicted octanol–water partition coefficient (Wildman–Crippen LogP) is 4.25. The monoisotopic (exact) mass is 411 g/mol. The molecule has 0 spiro atoms. The van der Waals surface area contributed by atoms with Gasteiger partial charge in [-0.15, -0.1) is 0 Å². The standard InChI is InChI=1S/C19H16Cl2FNO4/c1-10(18(24)23-16-4-3-14(22)8-15(16)21)27-19(25)12-6-11-7-13(20)2-5-17(11)26-9-12/h2-5,7-8,10,12H,6,9H2,1H3,(H,23,24)/t10-,12+/m0/s1. The Kier molecular flexibility index (Phi) is 5.87. The Balaban J connectivity index is 1.59. The van der Waals surface area contributed by atoms with E-state index in [1.54, 1.807) is 18.2 Å². The van der Waals surface area contributed by atoms with Crippen molar-refractivity contribution in [2.75, 3.05) is 11.9 Å². The minimum absolute atomic E-state index is 0.0519. The molecule has 0 radical (unpaired) electrons. The van der Waals surface area contributed by atoms with Crippen LogP contribution in [-0.2, 0) is 20.7 Å². The SMILES string of the molecule is C[C@H](OC(=O)[C@H]1COc2ccc(Cl)cc2C1)C(=O)Nc1ccc(F)cc1Cl. The molecule has 0 aliphatic carbocycles. The van der Waals surface area contributed by atoms with Crippen molar-refractivity contribution in [3.63, 3.8) is 0 Å². The number of hydrogen-bond donors (Lipinski definition) is 1. The van der Waals surface area contributed by atoms with Gasteiger partial charge in [0.2, 0.25) is 0 Å². The molecular formula is C19H16Cl2FNO4. The summed E-state index contributed by atoms with van der Waals surface area (Å²) in [5, 5.41) is 3.11. The van der Waals surface area contributed by atoms with E-state index in [1.807, 2.05) is 0 Å². The maximum Gasteiger partial charge on any atom is 0.313 e. The number of carbonyl (C=O) groups is 2. The van der Waals surface area contributed by atoms with Crippen LogP contribution >= 0.6 is 23.2 Å². The molecule has 0 unspecified atom stereocenters. The van der Waals surface area contributed by atoms with E-state index in [2.05, 4.69) is 5.32 Å². The summed E-state index contributed by atoms with van der Waals surface area (Å²) in [7, 11) is 0. The zero-order valence-electron chi connectivity index (χ0n) is 14.3. The first-order chi connectivity index (χ1) is 12.8. The fourth-order valence-corrected chi connectivity index (χ4v) is 3.07. The third-order valence-corrected chi connectivity index (χ3v) is 4.66. The second-order valence-electron chi connectivity index (χ2n) is 6.16. The fraction of sp³-hybridized carbons (Fsp3) is 0.263. The van der Waals surface area contributed by atoms with Gasteiger partial charge < -0.3 is 14.8 Å². The van der Waals surface area contributed by atoms with Gasteiger partial charge in [-0.2, -0.15) is 0 Å². The summed E-state index contributed by atoms with van der Waals surface area (Å²) in [5.41, 5.74) is 1.04. The molecule has 1 aliphatic heterocycles. The van der Waals surface area contributed by atoms with Gasteiger partial charge in [0.05, 0.1) is 16.6 Å². The fourth-order valence-electron chi connectivity index (χ4n) is 2.66. The summed E-state index contributed by atoms with van der Waals surface area (Å²) in [6.07, 6.45) is -0.647. The summed E-state index contributed by atoms with van der Waals surface area (Å²) in [6, 6.07) is 8.78. The van der Waals surface area contributed by atoms with Crippen LogP contribution in [0.25, 0.3) is 0 Å². The van der Waals surface area contributed by atoms with Crippen molar-refractivity contribution in [2.24, 2.45) is 5.92 Å². The molecule has 1 aliphatic rings. The highest BCUT2D eigenvalue weighted by molar-refractivity contribution is 6.33. The van der Waals surface area contributed by atoms with Crippen LogP contribution in [0.15, 0.2) is 36.4 Å². The third-order valence-electron chi connectivity index (χ3n) is 4.11. The molecule has 0 aromatic heterocycles. The average Bonchev–Trinajstić information content (AvgIpc) is 2.63. The van der Waals surface area contributed by atoms with Gasteiger partial charge in [-0.1, -0.05) is 23.2 Å². The molecule has 1 amide bonds. The van der Waals surface area contributed by atoms with E-state index in [1.165, 1.54) is 19.1 Å². The molecule has 0 saturated carbocycles. The molecule has 0 fully saturated rings. The predicted molar refractivity (Wildman–Crippen MR) is 99.7 cm³/mol. The highest BCUT2D eigenvalue weighted by Gasteiger charge is 2.30. The lowest BCUT2D eigenvalue weighted by Gasteiger charge is -2.25. The van der Waals surface area contributed by atoms with Crippen molar-refractivity contribution < 1.29 is 23.5 Å². The Morgan fingerprint density at radius 2 is 2.04 bits per heavy atom. The van der Waals surface area contributed by atoms with E-state index in [-0.39, 0.29) is 17.3 Å². The van der Waals surface area contributed by atoms with Crippen LogP contribution in [-0.4, -0.2) is 24.6 Å². The number of carbonyl (C=O) groups excluding carboxylic acids is 2. The van der Waals surface area contributed by atoms with Crippen LogP contribution in [0.3, 0.4) is 0 Å². The van der Waals surface area contributed by atoms with E-state index >= 15 is 0 Å². The maximum atomic E-state index is 13.1. The molecule has 142 valence electrons. The number of rotatable bonds is 4. The number of fused-ring (bicyclic) bond motifs is 1. The lowest BCUT2D eigenvalue weighted by Crippen LogP contribution is -2.36. The van der Waals surface area contributed by atoms with E-state index in [0.29, 0.717) is 17.2 Å². The summed E-state index contributed by atoms with van der Waals surface area (Å²) >= 11 is 11.8. The van der Waals surface area contributed by atoms with Crippen molar-refractivity contribution in [2.45, 2.75) is 19.4 Å². The maximum absolute atomic E-state index is 13.1. The first kappa shape index (κ1) is 19.5. The van der Waals surface area contributed by atoms with E-state index in [0.717, 1.165) is 11.6 Å². The number of hydrogen-bond acceptors (Lipinski definition) is 4. The number of amides is 1. The van der Waals surface area contributed by atoms with Gasteiger partial charge in [0.25, 0.3) is 5.91 Å². The van der Waals surface area contributed by atoms with Crippen molar-refractivity contribution in [3.8, 4) is 5.75 Å². The molecule has 5 nitrogen and oxygen atoms in total. The second kappa shape index (κ2) is 8.15. The lowest BCUT2D eigenvalue weighted by atomic mass is 9.97. The van der Waals surface area contributed by atoms with Gasteiger partial charge in [-0.25, -0.2) is 4.39 Å². The normalized spacial score (nSPS) is 16.7. The largest absolute Gasteiger partial charge is 0.492 e.